The van der Waals surface area contributed by atoms with Gasteiger partial charge in [0, 0.05) is 30.8 Å². The molecular weight excluding hydrogens is 546 g/mol. The number of nitro benzene ring substituents is 2. The van der Waals surface area contributed by atoms with E-state index in [0.717, 1.165) is 5.56 Å². The minimum Gasteiger partial charge on any atom is -0.465 e. The Hall–Kier alpha value is -4.97. The molecule has 12 heteroatoms. The van der Waals surface area contributed by atoms with Crippen LogP contribution in [0, 0.1) is 32.1 Å². The van der Waals surface area contributed by atoms with Crippen LogP contribution in [0.5, 0.6) is 0 Å². The highest BCUT2D eigenvalue weighted by molar-refractivity contribution is 6.10. The summed E-state index contributed by atoms with van der Waals surface area (Å²) < 4.78 is 10.6. The first-order chi connectivity index (χ1) is 20.2. The standard InChI is InChI=1S/C30H29N3O9/c1-3-41-29(35)24-26(20-10-14-22(15-11-20)32(37)38)31(18-19-8-6-5-7-9-19)27(25(28(24)34)30(36)42-4-2)21-12-16-23(17-13-21)33(39)40/h5-17,24-27H,3-4,18H2,1-2H3/t24?,25?,26-,27+. The molecule has 2 unspecified atom stereocenters. The van der Waals surface area contributed by atoms with Crippen molar-refractivity contribution in [2.75, 3.05) is 13.2 Å². The van der Waals surface area contributed by atoms with Gasteiger partial charge in [-0.05, 0) is 30.5 Å². The van der Waals surface area contributed by atoms with E-state index in [1.54, 1.807) is 18.7 Å². The fourth-order valence-electron chi connectivity index (χ4n) is 5.36. The van der Waals surface area contributed by atoms with E-state index < -0.39 is 51.5 Å². The van der Waals surface area contributed by atoms with E-state index in [9.17, 15) is 34.6 Å². The maximum absolute atomic E-state index is 14.2. The molecule has 0 amide bonds. The van der Waals surface area contributed by atoms with Crippen molar-refractivity contribution in [3.8, 4) is 0 Å². The Kier molecular flexibility index (Phi) is 9.38. The van der Waals surface area contributed by atoms with Crippen molar-refractivity contribution in [3.63, 3.8) is 0 Å². The van der Waals surface area contributed by atoms with Crippen molar-refractivity contribution in [1.82, 2.24) is 4.90 Å². The van der Waals surface area contributed by atoms with Crippen LogP contribution in [0.2, 0.25) is 0 Å². The summed E-state index contributed by atoms with van der Waals surface area (Å²) in [5.74, 6) is -5.37. The Balaban J connectivity index is 1.98. The van der Waals surface area contributed by atoms with Crippen molar-refractivity contribution in [2.24, 2.45) is 11.8 Å². The summed E-state index contributed by atoms with van der Waals surface area (Å²) in [6, 6.07) is 18.1. The highest BCUT2D eigenvalue weighted by atomic mass is 16.6. The van der Waals surface area contributed by atoms with E-state index in [0.29, 0.717) is 11.1 Å². The number of non-ortho nitro benzene ring substituents is 2. The fraction of sp³-hybridized carbons (Fsp3) is 0.300. The predicted molar refractivity (Wildman–Crippen MR) is 149 cm³/mol. The van der Waals surface area contributed by atoms with Crippen LogP contribution in [-0.2, 0) is 30.4 Å². The molecule has 0 aliphatic carbocycles. The summed E-state index contributed by atoms with van der Waals surface area (Å²) in [6.07, 6.45) is 0. The Labute approximate surface area is 241 Å². The Morgan fingerprint density at radius 3 is 1.48 bits per heavy atom. The molecule has 1 heterocycles. The number of ether oxygens (including phenoxy) is 2. The number of esters is 2. The van der Waals surface area contributed by atoms with Gasteiger partial charge in [-0.3, -0.25) is 39.5 Å². The third-order valence-corrected chi connectivity index (χ3v) is 7.14. The number of carbonyl (C=O) groups excluding carboxylic acids is 3. The second kappa shape index (κ2) is 13.1. The lowest BCUT2D eigenvalue weighted by Crippen LogP contribution is -2.55. The molecule has 12 nitrogen and oxygen atoms in total. The molecule has 218 valence electrons. The number of benzene rings is 3. The molecule has 4 rings (SSSR count). The second-order valence-corrected chi connectivity index (χ2v) is 9.61. The third kappa shape index (κ3) is 6.18. The number of likely N-dealkylation sites (tertiary alicyclic amines) is 1. The monoisotopic (exact) mass is 575 g/mol. The first-order valence-electron chi connectivity index (χ1n) is 13.3. The van der Waals surface area contributed by atoms with Crippen LogP contribution in [0.15, 0.2) is 78.9 Å². The van der Waals surface area contributed by atoms with E-state index in [2.05, 4.69) is 0 Å². The third-order valence-electron chi connectivity index (χ3n) is 7.14. The fourth-order valence-corrected chi connectivity index (χ4v) is 5.36. The first kappa shape index (κ1) is 30.0. The molecule has 0 N–H and O–H groups in total. The number of Topliss-reactive ketones (excluding diaryl/α,β-unsaturated/α-hetero) is 1. The number of carbonyl (C=O) groups is 3. The van der Waals surface area contributed by atoms with Gasteiger partial charge in [-0.2, -0.15) is 0 Å². The number of ketones is 1. The molecule has 1 aliphatic heterocycles. The first-order valence-corrected chi connectivity index (χ1v) is 13.3. The SMILES string of the molecule is CCOC(=O)C1C(=O)C(C(=O)OCC)[C@H](c2ccc([N+](=O)[O-])cc2)N(Cc2ccccc2)[C@@H]1c1ccc([N+](=O)[O-])cc1. The summed E-state index contributed by atoms with van der Waals surface area (Å²) >= 11 is 0. The normalized spacial score (nSPS) is 20.5. The summed E-state index contributed by atoms with van der Waals surface area (Å²) in [4.78, 5) is 64.5. The van der Waals surface area contributed by atoms with Crippen molar-refractivity contribution < 1.29 is 33.7 Å². The largest absolute Gasteiger partial charge is 0.465 e. The van der Waals surface area contributed by atoms with Gasteiger partial charge in [-0.1, -0.05) is 54.6 Å². The van der Waals surface area contributed by atoms with Crippen LogP contribution in [0.25, 0.3) is 0 Å². The van der Waals surface area contributed by atoms with Gasteiger partial charge in [0.2, 0.25) is 0 Å². The van der Waals surface area contributed by atoms with E-state index >= 15 is 0 Å². The quantitative estimate of drug-likeness (QED) is 0.143. The smallest absolute Gasteiger partial charge is 0.318 e. The van der Waals surface area contributed by atoms with Crippen molar-refractivity contribution >= 4 is 29.1 Å². The Morgan fingerprint density at radius 2 is 1.12 bits per heavy atom. The number of piperidine rings is 1. The van der Waals surface area contributed by atoms with Gasteiger partial charge in [0.1, 0.15) is 11.8 Å². The predicted octanol–water partition coefficient (Wildman–Crippen LogP) is 4.73. The van der Waals surface area contributed by atoms with Crippen LogP contribution in [0.1, 0.15) is 42.6 Å². The second-order valence-electron chi connectivity index (χ2n) is 9.61. The molecular formula is C30H29N3O9. The van der Waals surface area contributed by atoms with E-state index in [-0.39, 0.29) is 31.1 Å². The molecule has 42 heavy (non-hydrogen) atoms. The van der Waals surface area contributed by atoms with Crippen LogP contribution < -0.4 is 0 Å². The van der Waals surface area contributed by atoms with E-state index in [1.807, 2.05) is 30.3 Å². The zero-order valence-corrected chi connectivity index (χ0v) is 23.0. The van der Waals surface area contributed by atoms with Gasteiger partial charge in [-0.25, -0.2) is 0 Å². The number of hydrogen-bond donors (Lipinski definition) is 0. The number of rotatable bonds is 10. The molecule has 0 saturated carbocycles. The lowest BCUT2D eigenvalue weighted by Gasteiger charge is -2.48. The Morgan fingerprint density at radius 1 is 0.714 bits per heavy atom. The van der Waals surface area contributed by atoms with E-state index in [1.165, 1.54) is 48.5 Å². The molecule has 1 aliphatic rings. The topological polar surface area (TPSA) is 159 Å². The van der Waals surface area contributed by atoms with Crippen LogP contribution in [-0.4, -0.2) is 45.7 Å². The number of hydrogen-bond acceptors (Lipinski definition) is 10. The summed E-state index contributed by atoms with van der Waals surface area (Å²) in [5.41, 5.74) is 1.25. The highest BCUT2D eigenvalue weighted by Gasteiger charge is 2.56. The lowest BCUT2D eigenvalue weighted by atomic mass is 9.72. The zero-order chi connectivity index (χ0) is 30.4. The average Bonchev–Trinajstić information content (AvgIpc) is 2.98. The number of nitro groups is 2. The van der Waals surface area contributed by atoms with Gasteiger partial charge in [0.25, 0.3) is 11.4 Å². The average molecular weight is 576 g/mol. The molecule has 0 radical (unpaired) electrons. The molecule has 0 spiro atoms. The lowest BCUT2D eigenvalue weighted by molar-refractivity contribution is -0.385. The molecule has 3 aromatic rings. The Bertz CT molecular complexity index is 1370. The van der Waals surface area contributed by atoms with Gasteiger partial charge in [-0.15, -0.1) is 0 Å². The summed E-state index contributed by atoms with van der Waals surface area (Å²) in [6.45, 7) is 3.28. The molecule has 1 saturated heterocycles. The highest BCUT2D eigenvalue weighted by Crippen LogP contribution is 2.48. The summed E-state index contributed by atoms with van der Waals surface area (Å²) in [7, 11) is 0. The number of nitrogens with zero attached hydrogens (tertiary/aromatic N) is 3. The van der Waals surface area contributed by atoms with Gasteiger partial charge >= 0.3 is 11.9 Å². The van der Waals surface area contributed by atoms with Gasteiger partial charge in [0.05, 0.1) is 35.1 Å². The molecule has 3 aromatic carbocycles. The maximum atomic E-state index is 14.2. The zero-order valence-electron chi connectivity index (χ0n) is 23.0. The van der Waals surface area contributed by atoms with Crippen LogP contribution in [0.3, 0.4) is 0 Å². The minimum atomic E-state index is -1.47. The summed E-state index contributed by atoms with van der Waals surface area (Å²) in [5, 5.41) is 22.7. The van der Waals surface area contributed by atoms with Crippen molar-refractivity contribution in [1.29, 1.82) is 0 Å². The van der Waals surface area contributed by atoms with Crippen molar-refractivity contribution in [2.45, 2.75) is 32.5 Å². The van der Waals surface area contributed by atoms with Crippen LogP contribution in [0.4, 0.5) is 11.4 Å². The van der Waals surface area contributed by atoms with Gasteiger partial charge in [0.15, 0.2) is 5.78 Å². The van der Waals surface area contributed by atoms with Crippen molar-refractivity contribution in [3.05, 3.63) is 116 Å². The molecule has 0 bridgehead atoms. The minimum absolute atomic E-state index is 0.0237. The maximum Gasteiger partial charge on any atom is 0.318 e. The van der Waals surface area contributed by atoms with Gasteiger partial charge < -0.3 is 9.47 Å². The van der Waals surface area contributed by atoms with Crippen LogP contribution >= 0.6 is 0 Å². The molecule has 0 aromatic heterocycles. The molecule has 4 atom stereocenters. The van der Waals surface area contributed by atoms with E-state index in [4.69, 9.17) is 9.47 Å². The molecule has 1 fully saturated rings.